The lowest BCUT2D eigenvalue weighted by Gasteiger charge is -2.04. The van der Waals surface area contributed by atoms with Crippen LogP contribution < -0.4 is 11.1 Å². The van der Waals surface area contributed by atoms with Crippen LogP contribution in [-0.4, -0.2) is 16.6 Å². The Morgan fingerprint density at radius 3 is 2.83 bits per heavy atom. The standard InChI is InChI=1S/C12H13N3OS2/c13-9-1-3-10(4-2-9)15-11(16)5-7-17-12-14-6-8-18-12/h1-4,6,8H,5,7,13H2,(H,15,16). The van der Waals surface area contributed by atoms with E-state index in [9.17, 15) is 4.79 Å². The number of hydrogen-bond acceptors (Lipinski definition) is 5. The molecule has 1 aromatic carbocycles. The lowest BCUT2D eigenvalue weighted by atomic mass is 10.3. The number of amides is 1. The number of hydrogen-bond donors (Lipinski definition) is 2. The number of anilines is 2. The van der Waals surface area contributed by atoms with E-state index >= 15 is 0 Å². The van der Waals surface area contributed by atoms with Crippen LogP contribution in [0.3, 0.4) is 0 Å². The van der Waals surface area contributed by atoms with Crippen LogP contribution in [0.2, 0.25) is 0 Å². The minimum Gasteiger partial charge on any atom is -0.399 e. The number of nitrogens with one attached hydrogen (secondary N) is 1. The van der Waals surface area contributed by atoms with E-state index in [1.807, 2.05) is 5.38 Å². The highest BCUT2D eigenvalue weighted by molar-refractivity contribution is 8.01. The molecule has 2 aromatic rings. The molecule has 0 bridgehead atoms. The first-order valence-corrected chi connectivity index (χ1v) is 7.28. The number of carbonyl (C=O) groups excluding carboxylic acids is 1. The summed E-state index contributed by atoms with van der Waals surface area (Å²) < 4.78 is 0.996. The Morgan fingerprint density at radius 2 is 2.17 bits per heavy atom. The van der Waals surface area contributed by atoms with Gasteiger partial charge in [-0.1, -0.05) is 11.8 Å². The molecule has 0 saturated carbocycles. The zero-order chi connectivity index (χ0) is 12.8. The van der Waals surface area contributed by atoms with Crippen molar-refractivity contribution in [2.45, 2.75) is 10.8 Å². The van der Waals surface area contributed by atoms with Crippen LogP contribution in [0.1, 0.15) is 6.42 Å². The maximum Gasteiger partial charge on any atom is 0.225 e. The topological polar surface area (TPSA) is 68.0 Å². The molecule has 0 atom stereocenters. The van der Waals surface area contributed by atoms with E-state index in [4.69, 9.17) is 5.73 Å². The number of thiazole rings is 1. The van der Waals surface area contributed by atoms with E-state index in [1.165, 1.54) is 0 Å². The molecule has 2 rings (SSSR count). The molecular formula is C12H13N3OS2. The molecule has 94 valence electrons. The minimum absolute atomic E-state index is 0.00354. The van der Waals surface area contributed by atoms with Crippen molar-refractivity contribution in [1.82, 2.24) is 4.98 Å². The first-order chi connectivity index (χ1) is 8.74. The zero-order valence-electron chi connectivity index (χ0n) is 9.63. The molecule has 0 unspecified atom stereocenters. The Kier molecular flexibility index (Phi) is 4.60. The molecule has 1 aromatic heterocycles. The van der Waals surface area contributed by atoms with E-state index in [-0.39, 0.29) is 5.91 Å². The summed E-state index contributed by atoms with van der Waals surface area (Å²) in [5.41, 5.74) is 7.03. The average molecular weight is 279 g/mol. The van der Waals surface area contributed by atoms with Gasteiger partial charge in [-0.05, 0) is 24.3 Å². The summed E-state index contributed by atoms with van der Waals surface area (Å²) in [6.07, 6.45) is 2.23. The average Bonchev–Trinajstić information content (AvgIpc) is 2.85. The third kappa shape index (κ3) is 4.05. The van der Waals surface area contributed by atoms with Crippen molar-refractivity contribution in [2.75, 3.05) is 16.8 Å². The molecule has 0 radical (unpaired) electrons. The van der Waals surface area contributed by atoms with Crippen LogP contribution in [-0.2, 0) is 4.79 Å². The van der Waals surface area contributed by atoms with Crippen LogP contribution in [0, 0.1) is 0 Å². The molecule has 3 N–H and O–H groups in total. The molecule has 18 heavy (non-hydrogen) atoms. The summed E-state index contributed by atoms with van der Waals surface area (Å²) in [5, 5.41) is 4.75. The summed E-state index contributed by atoms with van der Waals surface area (Å²) in [7, 11) is 0. The number of carbonyl (C=O) groups is 1. The lowest BCUT2D eigenvalue weighted by Crippen LogP contribution is -2.12. The van der Waals surface area contributed by atoms with Gasteiger partial charge in [-0.3, -0.25) is 4.79 Å². The molecule has 0 spiro atoms. The Morgan fingerprint density at radius 1 is 1.39 bits per heavy atom. The van der Waals surface area contributed by atoms with Crippen LogP contribution in [0.15, 0.2) is 40.2 Å². The molecular weight excluding hydrogens is 266 g/mol. The smallest absolute Gasteiger partial charge is 0.225 e. The first kappa shape index (κ1) is 12.9. The number of aromatic nitrogens is 1. The maximum absolute atomic E-state index is 11.7. The Balaban J connectivity index is 1.73. The van der Waals surface area contributed by atoms with Crippen LogP contribution in [0.4, 0.5) is 11.4 Å². The summed E-state index contributed by atoms with van der Waals surface area (Å²) >= 11 is 3.18. The van der Waals surface area contributed by atoms with Gasteiger partial charge in [0, 0.05) is 35.1 Å². The fourth-order valence-corrected chi connectivity index (χ4v) is 2.95. The fourth-order valence-electron chi connectivity index (χ4n) is 1.30. The second-order valence-corrected chi connectivity index (χ2v) is 5.80. The highest BCUT2D eigenvalue weighted by atomic mass is 32.2. The molecule has 1 heterocycles. The van der Waals surface area contributed by atoms with Crippen molar-refractivity contribution in [1.29, 1.82) is 0 Å². The van der Waals surface area contributed by atoms with Crippen molar-refractivity contribution in [3.05, 3.63) is 35.8 Å². The van der Waals surface area contributed by atoms with E-state index in [1.54, 1.807) is 53.6 Å². The quantitative estimate of drug-likeness (QED) is 0.652. The van der Waals surface area contributed by atoms with Gasteiger partial charge in [0.25, 0.3) is 0 Å². The van der Waals surface area contributed by atoms with E-state index in [2.05, 4.69) is 10.3 Å². The highest BCUT2D eigenvalue weighted by Crippen LogP contribution is 2.21. The maximum atomic E-state index is 11.7. The normalized spacial score (nSPS) is 10.2. The molecule has 0 fully saturated rings. The van der Waals surface area contributed by atoms with Gasteiger partial charge < -0.3 is 11.1 Å². The predicted molar refractivity (Wildman–Crippen MR) is 76.9 cm³/mol. The van der Waals surface area contributed by atoms with Crippen molar-refractivity contribution >= 4 is 40.4 Å². The molecule has 6 heteroatoms. The van der Waals surface area contributed by atoms with Gasteiger partial charge in [0.15, 0.2) is 0 Å². The van der Waals surface area contributed by atoms with Crippen molar-refractivity contribution < 1.29 is 4.79 Å². The van der Waals surface area contributed by atoms with E-state index < -0.39 is 0 Å². The third-order valence-corrected chi connectivity index (χ3v) is 4.13. The Labute approximate surface area is 114 Å². The van der Waals surface area contributed by atoms with Gasteiger partial charge in [-0.2, -0.15) is 0 Å². The van der Waals surface area contributed by atoms with Gasteiger partial charge in [0.2, 0.25) is 5.91 Å². The van der Waals surface area contributed by atoms with Gasteiger partial charge in [0.05, 0.1) is 0 Å². The molecule has 0 aliphatic rings. The number of thioether (sulfide) groups is 1. The van der Waals surface area contributed by atoms with Crippen molar-refractivity contribution in [3.8, 4) is 0 Å². The number of nitrogen functional groups attached to an aromatic ring is 1. The monoisotopic (exact) mass is 279 g/mol. The third-order valence-electron chi connectivity index (χ3n) is 2.16. The number of rotatable bonds is 5. The molecule has 0 saturated heterocycles. The fraction of sp³-hybridized carbons (Fsp3) is 0.167. The minimum atomic E-state index is 0.00354. The number of benzene rings is 1. The summed E-state index contributed by atoms with van der Waals surface area (Å²) in [6.45, 7) is 0. The summed E-state index contributed by atoms with van der Waals surface area (Å²) in [4.78, 5) is 15.8. The highest BCUT2D eigenvalue weighted by Gasteiger charge is 2.03. The molecule has 0 aliphatic carbocycles. The number of nitrogens with zero attached hydrogens (tertiary/aromatic N) is 1. The number of nitrogens with two attached hydrogens (primary N) is 1. The summed E-state index contributed by atoms with van der Waals surface area (Å²) in [6, 6.07) is 7.11. The summed E-state index contributed by atoms with van der Waals surface area (Å²) in [5.74, 6) is 0.734. The zero-order valence-corrected chi connectivity index (χ0v) is 11.3. The van der Waals surface area contributed by atoms with Crippen LogP contribution >= 0.6 is 23.1 Å². The lowest BCUT2D eigenvalue weighted by molar-refractivity contribution is -0.115. The second-order valence-electron chi connectivity index (χ2n) is 3.57. The van der Waals surface area contributed by atoms with Crippen LogP contribution in [0.5, 0.6) is 0 Å². The van der Waals surface area contributed by atoms with E-state index in [0.29, 0.717) is 12.1 Å². The van der Waals surface area contributed by atoms with Gasteiger partial charge in [-0.25, -0.2) is 4.98 Å². The van der Waals surface area contributed by atoms with Crippen molar-refractivity contribution in [2.24, 2.45) is 0 Å². The molecule has 0 aliphatic heterocycles. The molecule has 4 nitrogen and oxygen atoms in total. The van der Waals surface area contributed by atoms with Gasteiger partial charge >= 0.3 is 0 Å². The van der Waals surface area contributed by atoms with Gasteiger partial charge in [-0.15, -0.1) is 11.3 Å². The first-order valence-electron chi connectivity index (χ1n) is 5.42. The SMILES string of the molecule is Nc1ccc(NC(=O)CCSc2nccs2)cc1. The molecule has 1 amide bonds. The Hall–Kier alpha value is -1.53. The van der Waals surface area contributed by atoms with Crippen molar-refractivity contribution in [3.63, 3.8) is 0 Å². The van der Waals surface area contributed by atoms with Crippen LogP contribution in [0.25, 0.3) is 0 Å². The van der Waals surface area contributed by atoms with E-state index in [0.717, 1.165) is 15.8 Å². The Bertz CT molecular complexity index is 497. The van der Waals surface area contributed by atoms with Gasteiger partial charge in [0.1, 0.15) is 4.34 Å². The largest absolute Gasteiger partial charge is 0.399 e. The second kappa shape index (κ2) is 6.42. The predicted octanol–water partition coefficient (Wildman–Crippen LogP) is 2.85.